The summed E-state index contributed by atoms with van der Waals surface area (Å²) >= 11 is 0. The fourth-order valence-electron chi connectivity index (χ4n) is 3.34. The predicted molar refractivity (Wildman–Crippen MR) is 125 cm³/mol. The molecule has 32 heavy (non-hydrogen) atoms. The number of ether oxygens (including phenoxy) is 2. The summed E-state index contributed by atoms with van der Waals surface area (Å²) < 4.78 is 11.2. The number of nitrogens with one attached hydrogen (secondary N) is 2. The van der Waals surface area contributed by atoms with Gasteiger partial charge in [0.15, 0.2) is 11.5 Å². The molecule has 168 valence electrons. The Morgan fingerprint density at radius 2 is 1.88 bits per heavy atom. The molecule has 0 aliphatic carbocycles. The average Bonchev–Trinajstić information content (AvgIpc) is 2.82. The van der Waals surface area contributed by atoms with E-state index in [1.54, 1.807) is 31.5 Å². The van der Waals surface area contributed by atoms with E-state index in [-0.39, 0.29) is 0 Å². The molecule has 3 rings (SSSR count). The maximum atomic E-state index is 12.5. The smallest absolute Gasteiger partial charge is 0.313 e. The van der Waals surface area contributed by atoms with Crippen LogP contribution >= 0.6 is 0 Å². The first kappa shape index (κ1) is 23.1. The van der Waals surface area contributed by atoms with Crippen LogP contribution in [-0.2, 0) is 9.59 Å². The summed E-state index contributed by atoms with van der Waals surface area (Å²) in [6, 6.07) is 14.1. The Morgan fingerprint density at radius 3 is 2.66 bits per heavy atom. The molecular weight excluding hydrogens is 406 g/mol. The summed E-state index contributed by atoms with van der Waals surface area (Å²) in [5.74, 6) is -0.214. The Hall–Kier alpha value is -3.61. The van der Waals surface area contributed by atoms with E-state index in [4.69, 9.17) is 9.47 Å². The molecule has 0 radical (unpaired) electrons. The lowest BCUT2D eigenvalue weighted by atomic mass is 10.1. The molecule has 0 bridgehead atoms. The maximum Gasteiger partial charge on any atom is 0.313 e. The van der Waals surface area contributed by atoms with E-state index in [2.05, 4.69) is 22.5 Å². The zero-order valence-corrected chi connectivity index (χ0v) is 18.7. The first-order valence-corrected chi connectivity index (χ1v) is 10.8. The summed E-state index contributed by atoms with van der Waals surface area (Å²) in [6.45, 7) is 4.58. The topological polar surface area (TPSA) is 89.5 Å². The third-order valence-electron chi connectivity index (χ3n) is 5.14. The summed E-state index contributed by atoms with van der Waals surface area (Å²) in [6.07, 6.45) is 4.90. The van der Waals surface area contributed by atoms with Crippen LogP contribution in [0.1, 0.15) is 44.7 Å². The number of benzene rings is 2. The van der Waals surface area contributed by atoms with Gasteiger partial charge in [0.2, 0.25) is 0 Å². The minimum atomic E-state index is -0.740. The summed E-state index contributed by atoms with van der Waals surface area (Å²) in [5.41, 5.74) is 2.08. The lowest BCUT2D eigenvalue weighted by Crippen LogP contribution is -2.36. The van der Waals surface area contributed by atoms with Crippen molar-refractivity contribution in [1.82, 2.24) is 10.3 Å². The molecule has 0 saturated heterocycles. The van der Waals surface area contributed by atoms with E-state index < -0.39 is 17.9 Å². The minimum Gasteiger partial charge on any atom is -0.493 e. The van der Waals surface area contributed by atoms with Crippen LogP contribution in [0.25, 0.3) is 10.9 Å². The van der Waals surface area contributed by atoms with Gasteiger partial charge in [0, 0.05) is 11.6 Å². The lowest BCUT2D eigenvalue weighted by molar-refractivity contribution is -0.136. The molecule has 2 amide bonds. The second kappa shape index (κ2) is 11.1. The number of methoxy groups -OCH3 is 1. The van der Waals surface area contributed by atoms with Gasteiger partial charge in [0.1, 0.15) is 0 Å². The van der Waals surface area contributed by atoms with Crippen molar-refractivity contribution in [3.05, 3.63) is 60.3 Å². The standard InChI is InChI=1S/C25H29N3O4/c1-4-5-6-15-32-22-13-12-18(16-23(22)31-3)17(2)27-24(29)25(30)28-21-11-7-10-20-19(21)9-8-14-26-20/h7-14,16-17H,4-6,15H2,1-3H3,(H,27,29)(H,28,30)/t17-/m0/s1. The van der Waals surface area contributed by atoms with Gasteiger partial charge >= 0.3 is 11.8 Å². The number of carbonyl (C=O) groups is 2. The van der Waals surface area contributed by atoms with Crippen LogP contribution in [0.3, 0.4) is 0 Å². The second-order valence-corrected chi connectivity index (χ2v) is 7.49. The van der Waals surface area contributed by atoms with Crippen LogP contribution in [0, 0.1) is 0 Å². The van der Waals surface area contributed by atoms with Crippen LogP contribution in [0.4, 0.5) is 5.69 Å². The van der Waals surface area contributed by atoms with E-state index in [1.165, 1.54) is 0 Å². The van der Waals surface area contributed by atoms with Crippen LogP contribution in [0.5, 0.6) is 11.5 Å². The van der Waals surface area contributed by atoms with Gasteiger partial charge in [-0.2, -0.15) is 0 Å². The second-order valence-electron chi connectivity index (χ2n) is 7.49. The number of anilines is 1. The monoisotopic (exact) mass is 435 g/mol. The fourth-order valence-corrected chi connectivity index (χ4v) is 3.34. The van der Waals surface area contributed by atoms with E-state index in [9.17, 15) is 9.59 Å². The van der Waals surface area contributed by atoms with Gasteiger partial charge < -0.3 is 20.1 Å². The van der Waals surface area contributed by atoms with Gasteiger partial charge in [0.05, 0.1) is 31.0 Å². The number of amides is 2. The molecule has 1 aromatic heterocycles. The average molecular weight is 436 g/mol. The molecule has 7 nitrogen and oxygen atoms in total. The van der Waals surface area contributed by atoms with E-state index >= 15 is 0 Å². The minimum absolute atomic E-state index is 0.398. The third-order valence-corrected chi connectivity index (χ3v) is 5.14. The number of carbonyl (C=O) groups excluding carboxylic acids is 2. The van der Waals surface area contributed by atoms with Crippen molar-refractivity contribution in [3.8, 4) is 11.5 Å². The molecule has 0 unspecified atom stereocenters. The van der Waals surface area contributed by atoms with Crippen molar-refractivity contribution in [1.29, 1.82) is 0 Å². The molecule has 0 aliphatic rings. The summed E-state index contributed by atoms with van der Waals surface area (Å²) in [7, 11) is 1.58. The van der Waals surface area contributed by atoms with Crippen LogP contribution in [0.15, 0.2) is 54.7 Å². The molecular formula is C25H29N3O4. The van der Waals surface area contributed by atoms with Crippen molar-refractivity contribution < 1.29 is 19.1 Å². The normalized spacial score (nSPS) is 11.6. The molecule has 3 aromatic rings. The Morgan fingerprint density at radius 1 is 1.03 bits per heavy atom. The number of unbranched alkanes of at least 4 members (excludes halogenated alkanes) is 2. The molecule has 0 aliphatic heterocycles. The van der Waals surface area contributed by atoms with Crippen molar-refractivity contribution in [3.63, 3.8) is 0 Å². The first-order chi connectivity index (χ1) is 15.5. The first-order valence-electron chi connectivity index (χ1n) is 10.8. The van der Waals surface area contributed by atoms with Gasteiger partial charge in [-0.25, -0.2) is 0 Å². The number of aromatic nitrogens is 1. The quantitative estimate of drug-likeness (QED) is 0.378. The Bertz CT molecular complexity index is 1080. The molecule has 2 aromatic carbocycles. The Kier molecular flexibility index (Phi) is 8.02. The highest BCUT2D eigenvalue weighted by atomic mass is 16.5. The van der Waals surface area contributed by atoms with Gasteiger partial charge in [-0.3, -0.25) is 14.6 Å². The number of fused-ring (bicyclic) bond motifs is 1. The van der Waals surface area contributed by atoms with Crippen LogP contribution in [-0.4, -0.2) is 30.5 Å². The third kappa shape index (κ3) is 5.75. The highest BCUT2D eigenvalue weighted by Gasteiger charge is 2.19. The number of pyridine rings is 1. The number of nitrogens with zero attached hydrogens (tertiary/aromatic N) is 1. The van der Waals surface area contributed by atoms with Crippen molar-refractivity contribution in [2.75, 3.05) is 19.0 Å². The van der Waals surface area contributed by atoms with Crippen molar-refractivity contribution >= 4 is 28.4 Å². The molecule has 1 atom stereocenters. The molecule has 2 N–H and O–H groups in total. The molecule has 0 fully saturated rings. The van der Waals surface area contributed by atoms with Gasteiger partial charge in [-0.05, 0) is 55.3 Å². The lowest BCUT2D eigenvalue weighted by Gasteiger charge is -2.17. The Balaban J connectivity index is 1.63. The SMILES string of the molecule is CCCCCOc1ccc([C@H](C)NC(=O)C(=O)Nc2cccc3ncccc23)cc1OC. The van der Waals surface area contributed by atoms with Gasteiger partial charge in [-0.15, -0.1) is 0 Å². The van der Waals surface area contributed by atoms with E-state index in [0.29, 0.717) is 23.8 Å². The largest absolute Gasteiger partial charge is 0.493 e. The molecule has 0 spiro atoms. The highest BCUT2D eigenvalue weighted by molar-refractivity contribution is 6.40. The zero-order valence-electron chi connectivity index (χ0n) is 18.7. The zero-order chi connectivity index (χ0) is 22.9. The Labute approximate surface area is 188 Å². The summed E-state index contributed by atoms with van der Waals surface area (Å²) in [5, 5.41) is 6.17. The summed E-state index contributed by atoms with van der Waals surface area (Å²) in [4.78, 5) is 29.2. The highest BCUT2D eigenvalue weighted by Crippen LogP contribution is 2.30. The number of hydrogen-bond donors (Lipinski definition) is 2. The fraction of sp³-hybridized carbons (Fsp3) is 0.320. The number of rotatable bonds is 9. The van der Waals surface area contributed by atoms with E-state index in [1.807, 2.05) is 37.3 Å². The van der Waals surface area contributed by atoms with Gasteiger partial charge in [0.25, 0.3) is 0 Å². The van der Waals surface area contributed by atoms with Crippen molar-refractivity contribution in [2.45, 2.75) is 39.2 Å². The molecule has 1 heterocycles. The van der Waals surface area contributed by atoms with Gasteiger partial charge in [-0.1, -0.05) is 31.9 Å². The van der Waals surface area contributed by atoms with Crippen LogP contribution < -0.4 is 20.1 Å². The van der Waals surface area contributed by atoms with Crippen molar-refractivity contribution in [2.24, 2.45) is 0 Å². The number of hydrogen-bond acceptors (Lipinski definition) is 5. The maximum absolute atomic E-state index is 12.5. The molecule has 7 heteroatoms. The van der Waals surface area contributed by atoms with E-state index in [0.717, 1.165) is 35.7 Å². The molecule has 0 saturated carbocycles. The van der Waals surface area contributed by atoms with Crippen LogP contribution in [0.2, 0.25) is 0 Å². The predicted octanol–water partition coefficient (Wildman–Crippen LogP) is 4.63.